The standard InChI is InChI=1S/C15H10ClF2N5O.CH4/c16-8-6-21-15(24)11-12(7(4-19)5-20)22-23(13(8)11)14-9(17)2-1-3-10(14)18;/h1-6,19H,20H2,(H,21,24);1H4/b7-5+,19-4?;. The molecule has 3 aromatic rings. The van der Waals surface area contributed by atoms with E-state index in [1.165, 1.54) is 12.3 Å². The van der Waals surface area contributed by atoms with Gasteiger partial charge in [0.05, 0.1) is 10.4 Å². The number of nitrogens with one attached hydrogen (secondary N) is 2. The van der Waals surface area contributed by atoms with Gasteiger partial charge < -0.3 is 16.1 Å². The van der Waals surface area contributed by atoms with Gasteiger partial charge in [-0.05, 0) is 12.1 Å². The van der Waals surface area contributed by atoms with Crippen LogP contribution >= 0.6 is 11.6 Å². The van der Waals surface area contributed by atoms with Gasteiger partial charge >= 0.3 is 0 Å². The minimum absolute atomic E-state index is 0. The Labute approximate surface area is 146 Å². The van der Waals surface area contributed by atoms with E-state index in [0.29, 0.717) is 0 Å². The van der Waals surface area contributed by atoms with Gasteiger partial charge in [0.25, 0.3) is 5.56 Å². The molecular weight excluding hydrogens is 352 g/mol. The molecule has 9 heteroatoms. The molecule has 0 bridgehead atoms. The summed E-state index contributed by atoms with van der Waals surface area (Å²) in [5.41, 5.74) is 4.50. The molecule has 0 aliphatic heterocycles. The van der Waals surface area contributed by atoms with Crippen molar-refractivity contribution in [1.29, 1.82) is 5.41 Å². The molecule has 0 saturated carbocycles. The van der Waals surface area contributed by atoms with E-state index >= 15 is 0 Å². The molecule has 4 N–H and O–H groups in total. The lowest BCUT2D eigenvalue weighted by atomic mass is 10.1. The Morgan fingerprint density at radius 2 is 2.00 bits per heavy atom. The summed E-state index contributed by atoms with van der Waals surface area (Å²) in [5.74, 6) is -1.76. The molecule has 2 aromatic heterocycles. The van der Waals surface area contributed by atoms with Gasteiger partial charge in [0.15, 0.2) is 11.6 Å². The lowest BCUT2D eigenvalue weighted by Gasteiger charge is -2.07. The summed E-state index contributed by atoms with van der Waals surface area (Å²) in [6.07, 6.45) is 3.14. The number of hydrogen-bond donors (Lipinski definition) is 3. The molecule has 2 heterocycles. The lowest BCUT2D eigenvalue weighted by molar-refractivity contribution is 0.563. The van der Waals surface area contributed by atoms with Crippen molar-refractivity contribution in [2.24, 2.45) is 5.73 Å². The minimum atomic E-state index is -0.879. The molecular formula is C16H14ClF2N5O. The van der Waals surface area contributed by atoms with Crippen LogP contribution in [-0.2, 0) is 0 Å². The number of fused-ring (bicyclic) bond motifs is 1. The van der Waals surface area contributed by atoms with Crippen LogP contribution in [0.1, 0.15) is 13.1 Å². The first kappa shape index (κ1) is 18.3. The Hall–Kier alpha value is -3.00. The van der Waals surface area contributed by atoms with Crippen molar-refractivity contribution in [2.75, 3.05) is 0 Å². The van der Waals surface area contributed by atoms with Crippen LogP contribution in [0, 0.1) is 17.0 Å². The van der Waals surface area contributed by atoms with Gasteiger partial charge in [-0.2, -0.15) is 5.10 Å². The third-order valence-corrected chi connectivity index (χ3v) is 3.71. The number of benzene rings is 1. The van der Waals surface area contributed by atoms with Crippen molar-refractivity contribution < 1.29 is 8.78 Å². The molecule has 0 aliphatic carbocycles. The number of nitrogens with two attached hydrogens (primary N) is 1. The highest BCUT2D eigenvalue weighted by Gasteiger charge is 2.23. The number of nitrogens with zero attached hydrogens (tertiary/aromatic N) is 2. The number of allylic oxidation sites excluding steroid dienone is 1. The maximum absolute atomic E-state index is 14.2. The Bertz CT molecular complexity index is 1030. The van der Waals surface area contributed by atoms with E-state index in [1.807, 2.05) is 0 Å². The Morgan fingerprint density at radius 1 is 1.36 bits per heavy atom. The van der Waals surface area contributed by atoms with Crippen LogP contribution in [0.4, 0.5) is 8.78 Å². The summed E-state index contributed by atoms with van der Waals surface area (Å²) >= 11 is 6.11. The Kier molecular flexibility index (Phi) is 5.03. The lowest BCUT2D eigenvalue weighted by Crippen LogP contribution is -2.07. The zero-order valence-electron chi connectivity index (χ0n) is 12.0. The fraction of sp³-hybridized carbons (Fsp3) is 0.0625. The summed E-state index contributed by atoms with van der Waals surface area (Å²) in [5, 5.41) is 11.5. The number of para-hydroxylation sites is 1. The van der Waals surface area contributed by atoms with Crippen molar-refractivity contribution in [3.05, 3.63) is 63.3 Å². The highest BCUT2D eigenvalue weighted by atomic mass is 35.5. The van der Waals surface area contributed by atoms with E-state index in [4.69, 9.17) is 22.7 Å². The third kappa shape index (κ3) is 2.80. The predicted molar refractivity (Wildman–Crippen MR) is 94.3 cm³/mol. The fourth-order valence-electron chi connectivity index (χ4n) is 2.37. The van der Waals surface area contributed by atoms with Gasteiger partial charge in [-0.15, -0.1) is 0 Å². The quantitative estimate of drug-likeness (QED) is 0.621. The minimum Gasteiger partial charge on any atom is -0.404 e. The van der Waals surface area contributed by atoms with Crippen LogP contribution < -0.4 is 11.3 Å². The van der Waals surface area contributed by atoms with Crippen molar-refractivity contribution in [3.63, 3.8) is 0 Å². The zero-order chi connectivity index (χ0) is 17.4. The first-order chi connectivity index (χ1) is 11.5. The number of rotatable bonds is 3. The van der Waals surface area contributed by atoms with E-state index in [0.717, 1.165) is 29.2 Å². The summed E-state index contributed by atoms with van der Waals surface area (Å²) in [4.78, 5) is 14.6. The molecule has 130 valence electrons. The van der Waals surface area contributed by atoms with Crippen molar-refractivity contribution in [3.8, 4) is 5.69 Å². The number of pyridine rings is 1. The fourth-order valence-corrected chi connectivity index (χ4v) is 2.60. The van der Waals surface area contributed by atoms with Crippen LogP contribution in [0.5, 0.6) is 0 Å². The molecule has 0 saturated heterocycles. The number of halogens is 3. The monoisotopic (exact) mass is 365 g/mol. The summed E-state index contributed by atoms with van der Waals surface area (Å²) in [7, 11) is 0. The van der Waals surface area contributed by atoms with Crippen molar-refractivity contribution in [1.82, 2.24) is 14.8 Å². The molecule has 3 rings (SSSR count). The van der Waals surface area contributed by atoms with Crippen LogP contribution in [0.15, 0.2) is 35.4 Å². The van der Waals surface area contributed by atoms with E-state index in [2.05, 4.69) is 10.1 Å². The van der Waals surface area contributed by atoms with E-state index in [-0.39, 0.29) is 34.6 Å². The molecule has 0 radical (unpaired) electrons. The largest absolute Gasteiger partial charge is 0.404 e. The smallest absolute Gasteiger partial charge is 0.259 e. The molecule has 6 nitrogen and oxygen atoms in total. The van der Waals surface area contributed by atoms with Crippen LogP contribution in [0.2, 0.25) is 5.02 Å². The third-order valence-electron chi connectivity index (χ3n) is 3.43. The van der Waals surface area contributed by atoms with E-state index < -0.39 is 22.9 Å². The van der Waals surface area contributed by atoms with Gasteiger partial charge in [0.2, 0.25) is 0 Å². The Balaban J connectivity index is 0.00000225. The van der Waals surface area contributed by atoms with Crippen molar-refractivity contribution in [2.45, 2.75) is 7.43 Å². The molecule has 1 aromatic carbocycles. The normalized spacial score (nSPS) is 11.4. The summed E-state index contributed by atoms with van der Waals surface area (Å²) < 4.78 is 29.2. The number of aromatic amines is 1. The second-order valence-corrected chi connectivity index (χ2v) is 5.19. The first-order valence-electron chi connectivity index (χ1n) is 6.66. The second-order valence-electron chi connectivity index (χ2n) is 4.79. The second kappa shape index (κ2) is 6.86. The summed E-state index contributed by atoms with van der Waals surface area (Å²) in [6.45, 7) is 0. The van der Waals surface area contributed by atoms with Crippen LogP contribution in [0.25, 0.3) is 22.2 Å². The number of aromatic nitrogens is 3. The molecule has 0 fully saturated rings. The molecule has 0 unspecified atom stereocenters. The highest BCUT2D eigenvalue weighted by molar-refractivity contribution is 6.35. The Morgan fingerprint density at radius 3 is 2.56 bits per heavy atom. The van der Waals surface area contributed by atoms with Crippen LogP contribution in [0.3, 0.4) is 0 Å². The molecule has 25 heavy (non-hydrogen) atoms. The van der Waals surface area contributed by atoms with E-state index in [1.54, 1.807) is 0 Å². The number of hydrogen-bond acceptors (Lipinski definition) is 4. The van der Waals surface area contributed by atoms with Gasteiger partial charge in [-0.3, -0.25) is 4.79 Å². The van der Waals surface area contributed by atoms with Crippen LogP contribution in [-0.4, -0.2) is 21.0 Å². The average molecular weight is 366 g/mol. The van der Waals surface area contributed by atoms with Crippen molar-refractivity contribution >= 4 is 34.3 Å². The number of H-pyrrole nitrogens is 1. The predicted octanol–water partition coefficient (Wildman–Crippen LogP) is 3.23. The molecule has 0 atom stereocenters. The molecule has 0 aliphatic rings. The van der Waals surface area contributed by atoms with Gasteiger partial charge in [-0.1, -0.05) is 25.1 Å². The van der Waals surface area contributed by atoms with E-state index in [9.17, 15) is 13.6 Å². The summed E-state index contributed by atoms with van der Waals surface area (Å²) in [6, 6.07) is 3.32. The average Bonchev–Trinajstić information content (AvgIpc) is 2.94. The highest BCUT2D eigenvalue weighted by Crippen LogP contribution is 2.30. The maximum atomic E-state index is 14.2. The topological polar surface area (TPSA) is 101 Å². The molecule has 0 amide bonds. The van der Waals surface area contributed by atoms with Gasteiger partial charge in [0.1, 0.15) is 16.9 Å². The maximum Gasteiger partial charge on any atom is 0.259 e. The SMILES string of the molecule is C.N=C/C(=C\N)c1nn(-c2c(F)cccc2F)c2c(Cl)c[nH]c(=O)c12. The van der Waals surface area contributed by atoms with Gasteiger partial charge in [0, 0.05) is 24.2 Å². The first-order valence-corrected chi connectivity index (χ1v) is 7.04. The molecule has 0 spiro atoms. The van der Waals surface area contributed by atoms with Gasteiger partial charge in [-0.25, -0.2) is 13.5 Å². The zero-order valence-corrected chi connectivity index (χ0v) is 12.7.